The van der Waals surface area contributed by atoms with Gasteiger partial charge in [-0.05, 0) is 63.1 Å². The lowest BCUT2D eigenvalue weighted by Gasteiger charge is -2.32. The molecule has 24 heavy (non-hydrogen) atoms. The summed E-state index contributed by atoms with van der Waals surface area (Å²) in [6.07, 6.45) is 0.647. The van der Waals surface area contributed by atoms with Gasteiger partial charge in [0, 0.05) is 16.8 Å². The number of amides is 1. The summed E-state index contributed by atoms with van der Waals surface area (Å²) in [5.41, 5.74) is 2.54. The molecule has 0 radical (unpaired) electrons. The number of aryl methyl sites for hydroxylation is 1. The van der Waals surface area contributed by atoms with E-state index in [0.717, 1.165) is 11.1 Å². The summed E-state index contributed by atoms with van der Waals surface area (Å²) in [5.74, 6) is -0.130. The van der Waals surface area contributed by atoms with Crippen molar-refractivity contribution in [3.05, 3.63) is 59.2 Å². The molecule has 0 unspecified atom stereocenters. The Hall–Kier alpha value is -2.34. The summed E-state index contributed by atoms with van der Waals surface area (Å²) in [6, 6.07) is 11.7. The summed E-state index contributed by atoms with van der Waals surface area (Å²) in [7, 11) is -3.65. The van der Waals surface area contributed by atoms with Crippen LogP contribution >= 0.6 is 0 Å². The van der Waals surface area contributed by atoms with Crippen LogP contribution in [0, 0.1) is 6.92 Å². The zero-order chi connectivity index (χ0) is 17.5. The Bertz CT molecular complexity index is 900. The van der Waals surface area contributed by atoms with Gasteiger partial charge in [0.15, 0.2) is 0 Å². The summed E-state index contributed by atoms with van der Waals surface area (Å²) >= 11 is 0. The fourth-order valence-corrected chi connectivity index (χ4v) is 3.90. The summed E-state index contributed by atoms with van der Waals surface area (Å²) in [4.78, 5) is 12.3. The fraction of sp³-hybridized carbons (Fsp3) is 0.278. The number of fused-ring (bicyclic) bond motifs is 1. The lowest BCUT2D eigenvalue weighted by Crippen LogP contribution is -2.49. The Morgan fingerprint density at radius 2 is 1.75 bits per heavy atom. The second-order valence-corrected chi connectivity index (χ2v) is 8.49. The second kappa shape index (κ2) is 5.63. The van der Waals surface area contributed by atoms with Crippen molar-refractivity contribution in [3.8, 4) is 0 Å². The number of benzene rings is 2. The highest BCUT2D eigenvalue weighted by Crippen LogP contribution is 2.26. The number of anilines is 1. The van der Waals surface area contributed by atoms with E-state index in [2.05, 4.69) is 10.0 Å². The molecule has 0 aromatic heterocycles. The van der Waals surface area contributed by atoms with Crippen LogP contribution in [0.4, 0.5) is 5.69 Å². The van der Waals surface area contributed by atoms with E-state index < -0.39 is 10.0 Å². The molecule has 3 rings (SSSR count). The van der Waals surface area contributed by atoms with Gasteiger partial charge in [0.1, 0.15) is 0 Å². The SMILES string of the molecule is Cc1ccc(S(=O)(=O)Nc2ccc3c(c2)CC(C)(C)NC3=O)cc1. The first-order valence-electron chi connectivity index (χ1n) is 7.71. The molecule has 0 saturated heterocycles. The third kappa shape index (κ3) is 3.28. The van der Waals surface area contributed by atoms with Gasteiger partial charge in [-0.15, -0.1) is 0 Å². The van der Waals surface area contributed by atoms with Gasteiger partial charge in [-0.2, -0.15) is 0 Å². The number of carbonyl (C=O) groups is 1. The van der Waals surface area contributed by atoms with Crippen molar-refractivity contribution in [1.82, 2.24) is 5.32 Å². The minimum absolute atomic E-state index is 0.130. The smallest absolute Gasteiger partial charge is 0.261 e. The maximum atomic E-state index is 12.5. The number of carbonyl (C=O) groups excluding carboxylic acids is 1. The summed E-state index contributed by atoms with van der Waals surface area (Å²) in [5, 5.41) is 2.93. The van der Waals surface area contributed by atoms with Crippen LogP contribution in [0.25, 0.3) is 0 Å². The van der Waals surface area contributed by atoms with Gasteiger partial charge in [0.25, 0.3) is 15.9 Å². The Labute approximate surface area is 142 Å². The lowest BCUT2D eigenvalue weighted by molar-refractivity contribution is 0.0897. The largest absolute Gasteiger partial charge is 0.347 e. The van der Waals surface area contributed by atoms with Crippen molar-refractivity contribution in [2.75, 3.05) is 4.72 Å². The molecular weight excluding hydrogens is 324 g/mol. The van der Waals surface area contributed by atoms with Gasteiger partial charge in [0.2, 0.25) is 0 Å². The molecule has 5 nitrogen and oxygen atoms in total. The number of sulfonamides is 1. The summed E-state index contributed by atoms with van der Waals surface area (Å²) in [6.45, 7) is 5.79. The molecule has 0 atom stereocenters. The quantitative estimate of drug-likeness (QED) is 0.899. The Balaban J connectivity index is 1.91. The predicted octanol–water partition coefficient (Wildman–Crippen LogP) is 2.86. The van der Waals surface area contributed by atoms with E-state index in [1.807, 2.05) is 20.8 Å². The molecule has 1 aliphatic rings. The number of hydrogen-bond donors (Lipinski definition) is 2. The molecule has 0 saturated carbocycles. The average Bonchev–Trinajstić information content (AvgIpc) is 2.45. The number of nitrogens with one attached hydrogen (secondary N) is 2. The van der Waals surface area contributed by atoms with E-state index in [4.69, 9.17) is 0 Å². The van der Waals surface area contributed by atoms with Crippen LogP contribution in [0.3, 0.4) is 0 Å². The van der Waals surface area contributed by atoms with Crippen LogP contribution in [-0.2, 0) is 16.4 Å². The Kier molecular flexibility index (Phi) is 3.87. The zero-order valence-corrected chi connectivity index (χ0v) is 14.7. The van der Waals surface area contributed by atoms with Gasteiger partial charge in [-0.3, -0.25) is 9.52 Å². The van der Waals surface area contributed by atoms with E-state index in [1.165, 1.54) is 0 Å². The fourth-order valence-electron chi connectivity index (χ4n) is 2.85. The van der Waals surface area contributed by atoms with E-state index >= 15 is 0 Å². The standard InChI is InChI=1S/C18H20N2O3S/c1-12-4-7-15(8-5-12)24(22,23)20-14-6-9-16-13(10-14)11-18(2,3)19-17(16)21/h4-10,20H,11H2,1-3H3,(H,19,21). The molecule has 2 aromatic carbocycles. The molecule has 0 fully saturated rings. The molecule has 0 aliphatic carbocycles. The number of hydrogen-bond acceptors (Lipinski definition) is 3. The maximum Gasteiger partial charge on any atom is 0.261 e. The molecule has 1 heterocycles. The molecular formula is C18H20N2O3S. The highest BCUT2D eigenvalue weighted by Gasteiger charge is 2.30. The molecule has 2 N–H and O–H groups in total. The van der Waals surface area contributed by atoms with Gasteiger partial charge < -0.3 is 5.32 Å². The first-order chi connectivity index (χ1) is 11.2. The van der Waals surface area contributed by atoms with Gasteiger partial charge in [-0.25, -0.2) is 8.42 Å². The molecule has 6 heteroatoms. The summed E-state index contributed by atoms with van der Waals surface area (Å²) < 4.78 is 27.6. The average molecular weight is 344 g/mol. The van der Waals surface area contributed by atoms with Crippen LogP contribution in [0.2, 0.25) is 0 Å². The molecule has 0 bridgehead atoms. The lowest BCUT2D eigenvalue weighted by atomic mass is 9.87. The van der Waals surface area contributed by atoms with Crippen LogP contribution in [-0.4, -0.2) is 19.9 Å². The van der Waals surface area contributed by atoms with E-state index in [-0.39, 0.29) is 16.3 Å². The van der Waals surface area contributed by atoms with Crippen LogP contribution in [0.15, 0.2) is 47.4 Å². The van der Waals surface area contributed by atoms with Crippen molar-refractivity contribution in [2.24, 2.45) is 0 Å². The van der Waals surface area contributed by atoms with E-state index in [0.29, 0.717) is 17.7 Å². The third-order valence-electron chi connectivity index (χ3n) is 4.02. The van der Waals surface area contributed by atoms with Gasteiger partial charge in [-0.1, -0.05) is 17.7 Å². The Morgan fingerprint density at radius 3 is 2.42 bits per heavy atom. The molecule has 1 aliphatic heterocycles. The first kappa shape index (κ1) is 16.5. The zero-order valence-electron chi connectivity index (χ0n) is 13.9. The maximum absolute atomic E-state index is 12.5. The minimum Gasteiger partial charge on any atom is -0.347 e. The topological polar surface area (TPSA) is 75.3 Å². The highest BCUT2D eigenvalue weighted by molar-refractivity contribution is 7.92. The van der Waals surface area contributed by atoms with E-state index in [9.17, 15) is 13.2 Å². The second-order valence-electron chi connectivity index (χ2n) is 6.81. The van der Waals surface area contributed by atoms with E-state index in [1.54, 1.807) is 42.5 Å². The molecule has 1 amide bonds. The van der Waals surface area contributed by atoms with Crippen molar-refractivity contribution in [1.29, 1.82) is 0 Å². The molecule has 0 spiro atoms. The first-order valence-corrected chi connectivity index (χ1v) is 9.20. The van der Waals surface area contributed by atoms with Crippen molar-refractivity contribution in [3.63, 3.8) is 0 Å². The van der Waals surface area contributed by atoms with Crippen LogP contribution in [0.1, 0.15) is 35.3 Å². The minimum atomic E-state index is -3.65. The van der Waals surface area contributed by atoms with Crippen molar-refractivity contribution >= 4 is 21.6 Å². The predicted molar refractivity (Wildman–Crippen MR) is 93.7 cm³/mol. The highest BCUT2D eigenvalue weighted by atomic mass is 32.2. The normalized spacial score (nSPS) is 16.2. The van der Waals surface area contributed by atoms with Crippen LogP contribution in [0.5, 0.6) is 0 Å². The molecule has 126 valence electrons. The van der Waals surface area contributed by atoms with Crippen LogP contribution < -0.4 is 10.0 Å². The van der Waals surface area contributed by atoms with Gasteiger partial charge in [0.05, 0.1) is 4.90 Å². The van der Waals surface area contributed by atoms with Crippen molar-refractivity contribution in [2.45, 2.75) is 37.6 Å². The third-order valence-corrected chi connectivity index (χ3v) is 5.41. The number of rotatable bonds is 3. The Morgan fingerprint density at radius 1 is 1.08 bits per heavy atom. The monoisotopic (exact) mass is 344 g/mol. The van der Waals surface area contributed by atoms with Gasteiger partial charge >= 0.3 is 0 Å². The molecule has 2 aromatic rings. The van der Waals surface area contributed by atoms with Crippen molar-refractivity contribution < 1.29 is 13.2 Å².